The zero-order valence-corrected chi connectivity index (χ0v) is 11.4. The third kappa shape index (κ3) is 1.97. The number of sulfone groups is 1. The summed E-state index contributed by atoms with van der Waals surface area (Å²) in [5.41, 5.74) is 1.28. The van der Waals surface area contributed by atoms with E-state index in [9.17, 15) is 8.42 Å². The quantitative estimate of drug-likeness (QED) is 0.781. The minimum Gasteiger partial charge on any atom is -0.299 e. The lowest BCUT2D eigenvalue weighted by Gasteiger charge is -2.10. The molecule has 0 fully saturated rings. The van der Waals surface area contributed by atoms with Crippen LogP contribution in [-0.4, -0.2) is 53.9 Å². The molecule has 19 heavy (non-hydrogen) atoms. The molecule has 0 saturated heterocycles. The molecule has 0 spiro atoms. The van der Waals surface area contributed by atoms with Gasteiger partial charge in [0, 0.05) is 38.5 Å². The van der Waals surface area contributed by atoms with Crippen molar-refractivity contribution in [2.45, 2.75) is 10.9 Å². The minimum absolute atomic E-state index is 0.00420. The maximum Gasteiger partial charge on any atom is 0.198 e. The number of fused-ring (bicyclic) bond motifs is 1. The SMILES string of the molecule is CN1CC(c2cnc3c(S(C)(=O)=O)nccn23)C=N1. The molecule has 3 rings (SSSR count). The van der Waals surface area contributed by atoms with E-state index >= 15 is 0 Å². The number of aromatic nitrogens is 3. The van der Waals surface area contributed by atoms with Gasteiger partial charge in [-0.05, 0) is 0 Å². The Kier molecular flexibility index (Phi) is 2.56. The lowest BCUT2D eigenvalue weighted by Crippen LogP contribution is -2.13. The normalized spacial score (nSPS) is 19.5. The van der Waals surface area contributed by atoms with E-state index in [1.807, 2.05) is 18.3 Å². The summed E-state index contributed by atoms with van der Waals surface area (Å²) in [7, 11) is -1.50. The molecule has 0 aliphatic carbocycles. The first-order valence-electron chi connectivity index (χ1n) is 5.74. The highest BCUT2D eigenvalue weighted by molar-refractivity contribution is 7.90. The molecular weight excluding hydrogens is 266 g/mol. The van der Waals surface area contributed by atoms with Gasteiger partial charge in [-0.15, -0.1) is 0 Å². The van der Waals surface area contributed by atoms with Crippen LogP contribution in [0, 0.1) is 0 Å². The van der Waals surface area contributed by atoms with Gasteiger partial charge < -0.3 is 0 Å². The van der Waals surface area contributed by atoms with E-state index in [2.05, 4.69) is 15.1 Å². The van der Waals surface area contributed by atoms with Gasteiger partial charge in [0.25, 0.3) is 0 Å². The van der Waals surface area contributed by atoms with Gasteiger partial charge in [0.15, 0.2) is 20.5 Å². The van der Waals surface area contributed by atoms with Gasteiger partial charge >= 0.3 is 0 Å². The van der Waals surface area contributed by atoms with E-state index in [-0.39, 0.29) is 10.9 Å². The number of hydrogen-bond acceptors (Lipinski definition) is 6. The van der Waals surface area contributed by atoms with E-state index in [1.165, 1.54) is 6.20 Å². The fourth-order valence-electron chi connectivity index (χ4n) is 2.19. The van der Waals surface area contributed by atoms with Crippen molar-refractivity contribution in [2.75, 3.05) is 19.8 Å². The molecule has 0 amide bonds. The summed E-state index contributed by atoms with van der Waals surface area (Å²) in [6.07, 6.45) is 7.85. The Labute approximate surface area is 110 Å². The van der Waals surface area contributed by atoms with Crippen molar-refractivity contribution in [1.29, 1.82) is 0 Å². The molecule has 2 aromatic rings. The lowest BCUT2D eigenvalue weighted by atomic mass is 10.1. The maximum absolute atomic E-state index is 11.7. The summed E-state index contributed by atoms with van der Waals surface area (Å²) in [4.78, 5) is 8.11. The van der Waals surface area contributed by atoms with Gasteiger partial charge in [0.1, 0.15) is 0 Å². The number of hydrazone groups is 1. The molecule has 100 valence electrons. The molecule has 2 aromatic heterocycles. The van der Waals surface area contributed by atoms with Gasteiger partial charge in [0.05, 0.1) is 17.8 Å². The molecule has 1 aliphatic heterocycles. The first-order valence-corrected chi connectivity index (χ1v) is 7.63. The highest BCUT2D eigenvalue weighted by Crippen LogP contribution is 2.22. The van der Waals surface area contributed by atoms with Crippen LogP contribution in [0.15, 0.2) is 28.7 Å². The number of imidazole rings is 1. The molecule has 1 aliphatic rings. The van der Waals surface area contributed by atoms with Crippen LogP contribution in [0.2, 0.25) is 0 Å². The molecule has 0 N–H and O–H groups in total. The second-order valence-corrected chi connectivity index (χ2v) is 6.52. The Hall–Kier alpha value is -1.96. The van der Waals surface area contributed by atoms with E-state index < -0.39 is 9.84 Å². The third-order valence-corrected chi connectivity index (χ3v) is 4.05. The maximum atomic E-state index is 11.7. The Morgan fingerprint density at radius 1 is 1.37 bits per heavy atom. The van der Waals surface area contributed by atoms with Gasteiger partial charge in [-0.2, -0.15) is 5.10 Å². The largest absolute Gasteiger partial charge is 0.299 e. The number of rotatable bonds is 2. The summed E-state index contributed by atoms with van der Waals surface area (Å²) >= 11 is 0. The first-order chi connectivity index (χ1) is 8.97. The van der Waals surface area contributed by atoms with E-state index in [0.717, 1.165) is 18.5 Å². The number of likely N-dealkylation sites (N-methyl/N-ethyl adjacent to an activating group) is 1. The summed E-state index contributed by atoms with van der Waals surface area (Å²) < 4.78 is 25.1. The molecular formula is C11H13N5O2S. The topological polar surface area (TPSA) is 79.9 Å². The van der Waals surface area contributed by atoms with Crippen LogP contribution in [0.1, 0.15) is 11.6 Å². The predicted octanol–water partition coefficient (Wildman–Crippen LogP) is 0.148. The van der Waals surface area contributed by atoms with Crippen LogP contribution < -0.4 is 0 Å². The predicted molar refractivity (Wildman–Crippen MR) is 70.0 cm³/mol. The van der Waals surface area contributed by atoms with Gasteiger partial charge in [0.2, 0.25) is 0 Å². The summed E-state index contributed by atoms with van der Waals surface area (Å²) in [6, 6.07) is 0. The fourth-order valence-corrected chi connectivity index (χ4v) is 2.93. The Bertz CT molecular complexity index is 764. The van der Waals surface area contributed by atoms with Crippen molar-refractivity contribution < 1.29 is 8.42 Å². The van der Waals surface area contributed by atoms with Gasteiger partial charge in [-0.3, -0.25) is 9.41 Å². The van der Waals surface area contributed by atoms with Crippen molar-refractivity contribution in [3.63, 3.8) is 0 Å². The average molecular weight is 279 g/mol. The van der Waals surface area contributed by atoms with Crippen LogP contribution >= 0.6 is 0 Å². The highest BCUT2D eigenvalue weighted by Gasteiger charge is 2.23. The van der Waals surface area contributed by atoms with Crippen molar-refractivity contribution >= 4 is 21.7 Å². The lowest BCUT2D eigenvalue weighted by molar-refractivity contribution is 0.380. The molecule has 0 radical (unpaired) electrons. The highest BCUT2D eigenvalue weighted by atomic mass is 32.2. The zero-order chi connectivity index (χ0) is 13.6. The van der Waals surface area contributed by atoms with Crippen LogP contribution in [-0.2, 0) is 9.84 Å². The smallest absolute Gasteiger partial charge is 0.198 e. The van der Waals surface area contributed by atoms with Crippen LogP contribution in [0.4, 0.5) is 0 Å². The third-order valence-electron chi connectivity index (χ3n) is 3.06. The van der Waals surface area contributed by atoms with Crippen molar-refractivity contribution in [2.24, 2.45) is 5.10 Å². The molecule has 1 unspecified atom stereocenters. The monoisotopic (exact) mass is 279 g/mol. The van der Waals surface area contributed by atoms with Gasteiger partial charge in [-0.25, -0.2) is 18.4 Å². The van der Waals surface area contributed by atoms with Crippen LogP contribution in [0.5, 0.6) is 0 Å². The van der Waals surface area contributed by atoms with Gasteiger partial charge in [-0.1, -0.05) is 0 Å². The number of hydrogen-bond donors (Lipinski definition) is 0. The minimum atomic E-state index is -3.39. The first kappa shape index (κ1) is 12.1. The Balaban J connectivity index is 2.18. The van der Waals surface area contributed by atoms with Crippen molar-refractivity contribution in [1.82, 2.24) is 19.4 Å². The molecule has 7 nitrogen and oxygen atoms in total. The standard InChI is InChI=1S/C11H13N5O2S/c1-15-7-8(5-14-15)9-6-13-10-11(19(2,17)18)12-3-4-16(9)10/h3-6,8H,7H2,1-2H3. The fraction of sp³-hybridized carbons (Fsp3) is 0.364. The van der Waals surface area contributed by atoms with Crippen molar-refractivity contribution in [3.05, 3.63) is 24.3 Å². The van der Waals surface area contributed by atoms with E-state index in [4.69, 9.17) is 0 Å². The van der Waals surface area contributed by atoms with Crippen LogP contribution in [0.25, 0.3) is 5.65 Å². The molecule has 0 bridgehead atoms. The van der Waals surface area contributed by atoms with Crippen LogP contribution in [0.3, 0.4) is 0 Å². The second-order valence-electron chi connectivity index (χ2n) is 4.59. The summed E-state index contributed by atoms with van der Waals surface area (Å²) in [5.74, 6) is 0.106. The zero-order valence-electron chi connectivity index (χ0n) is 10.6. The molecule has 3 heterocycles. The van der Waals surface area contributed by atoms with Crippen molar-refractivity contribution in [3.8, 4) is 0 Å². The molecule has 8 heteroatoms. The van der Waals surface area contributed by atoms with E-state index in [0.29, 0.717) is 5.65 Å². The molecule has 0 aromatic carbocycles. The second kappa shape index (κ2) is 4.02. The molecule has 1 atom stereocenters. The summed E-state index contributed by atoms with van der Waals surface area (Å²) in [6.45, 7) is 0.754. The average Bonchev–Trinajstić information content (AvgIpc) is 2.92. The van der Waals surface area contributed by atoms with E-state index in [1.54, 1.807) is 16.8 Å². The summed E-state index contributed by atoms with van der Waals surface area (Å²) in [5, 5.41) is 6.03. The Morgan fingerprint density at radius 3 is 2.79 bits per heavy atom. The number of nitrogens with zero attached hydrogens (tertiary/aromatic N) is 5. The Morgan fingerprint density at radius 2 is 2.16 bits per heavy atom. The molecule has 0 saturated carbocycles.